The molecule has 0 aliphatic rings. The van der Waals surface area contributed by atoms with Crippen molar-refractivity contribution in [3.05, 3.63) is 53.1 Å². The fourth-order valence-electron chi connectivity index (χ4n) is 2.17. The van der Waals surface area contributed by atoms with Gasteiger partial charge in [-0.3, -0.25) is 4.79 Å². The Morgan fingerprint density at radius 1 is 0.917 bits per heavy atom. The van der Waals surface area contributed by atoms with Crippen LogP contribution in [0.5, 0.6) is 17.2 Å². The van der Waals surface area contributed by atoms with Gasteiger partial charge in [-0.1, -0.05) is 6.07 Å². The summed E-state index contributed by atoms with van der Waals surface area (Å²) < 4.78 is 15.9. The smallest absolute Gasteiger partial charge is 0.258 e. The van der Waals surface area contributed by atoms with E-state index in [1.165, 1.54) is 5.56 Å². The van der Waals surface area contributed by atoms with Gasteiger partial charge in [0.1, 0.15) is 17.2 Å². The summed E-state index contributed by atoms with van der Waals surface area (Å²) in [5, 5.41) is 2.82. The van der Waals surface area contributed by atoms with E-state index in [2.05, 4.69) is 5.32 Å². The topological polar surface area (TPSA) is 56.8 Å². The Morgan fingerprint density at radius 3 is 2.17 bits per heavy atom. The first kappa shape index (κ1) is 17.7. The molecule has 0 unspecified atom stereocenters. The van der Waals surface area contributed by atoms with Crippen LogP contribution < -0.4 is 19.5 Å². The van der Waals surface area contributed by atoms with Crippen LogP contribution in [0, 0.1) is 13.8 Å². The average molecular weight is 329 g/mol. The molecule has 0 aliphatic carbocycles. The number of carbonyl (C=O) groups excluding carboxylic acids is 1. The van der Waals surface area contributed by atoms with Crippen LogP contribution in [0.25, 0.3) is 0 Å². The zero-order valence-electron chi connectivity index (χ0n) is 14.5. The predicted octanol–water partition coefficient (Wildman–Crippen LogP) is 3.02. The van der Waals surface area contributed by atoms with Gasteiger partial charge < -0.3 is 19.5 Å². The molecule has 0 aliphatic heterocycles. The van der Waals surface area contributed by atoms with E-state index in [1.807, 2.05) is 44.2 Å². The molecule has 0 fully saturated rings. The Bertz CT molecular complexity index is 690. The predicted molar refractivity (Wildman–Crippen MR) is 92.8 cm³/mol. The minimum Gasteiger partial charge on any atom is -0.497 e. The van der Waals surface area contributed by atoms with Gasteiger partial charge in [-0.15, -0.1) is 0 Å². The van der Waals surface area contributed by atoms with Crippen LogP contribution in [0.15, 0.2) is 36.4 Å². The van der Waals surface area contributed by atoms with Crippen molar-refractivity contribution in [2.45, 2.75) is 20.4 Å². The second-order valence-electron chi connectivity index (χ2n) is 5.53. The van der Waals surface area contributed by atoms with Crippen molar-refractivity contribution in [3.8, 4) is 17.2 Å². The van der Waals surface area contributed by atoms with E-state index < -0.39 is 0 Å². The van der Waals surface area contributed by atoms with Gasteiger partial charge in [0.15, 0.2) is 6.61 Å². The van der Waals surface area contributed by atoms with Gasteiger partial charge in [0.05, 0.1) is 14.2 Å². The lowest BCUT2D eigenvalue weighted by Crippen LogP contribution is -2.28. The van der Waals surface area contributed by atoms with E-state index in [1.54, 1.807) is 20.3 Å². The quantitative estimate of drug-likeness (QED) is 0.848. The average Bonchev–Trinajstić information content (AvgIpc) is 2.60. The van der Waals surface area contributed by atoms with Crippen LogP contribution in [0.4, 0.5) is 0 Å². The summed E-state index contributed by atoms with van der Waals surface area (Å²) in [5.74, 6) is 1.88. The van der Waals surface area contributed by atoms with Crippen LogP contribution in [0.3, 0.4) is 0 Å². The number of methoxy groups -OCH3 is 2. The zero-order chi connectivity index (χ0) is 17.5. The molecule has 2 rings (SSSR count). The van der Waals surface area contributed by atoms with Gasteiger partial charge in [0.25, 0.3) is 5.91 Å². The molecule has 0 saturated carbocycles. The van der Waals surface area contributed by atoms with E-state index in [0.29, 0.717) is 23.8 Å². The SMILES string of the molecule is COc1cc(CNC(=O)COc2ccc(C)c(C)c2)cc(OC)c1. The summed E-state index contributed by atoms with van der Waals surface area (Å²) in [4.78, 5) is 12.0. The first-order chi connectivity index (χ1) is 11.5. The Hall–Kier alpha value is -2.69. The molecule has 2 aromatic carbocycles. The van der Waals surface area contributed by atoms with E-state index in [4.69, 9.17) is 14.2 Å². The molecule has 24 heavy (non-hydrogen) atoms. The minimum absolute atomic E-state index is 0.0242. The standard InChI is InChI=1S/C19H23NO4/c1-13-5-6-16(7-14(13)2)24-12-19(21)20-11-15-8-17(22-3)10-18(9-15)23-4/h5-10H,11-12H2,1-4H3,(H,20,21). The highest BCUT2D eigenvalue weighted by Crippen LogP contribution is 2.22. The van der Waals surface area contributed by atoms with Gasteiger partial charge in [0.2, 0.25) is 0 Å². The first-order valence-electron chi connectivity index (χ1n) is 7.70. The van der Waals surface area contributed by atoms with E-state index >= 15 is 0 Å². The highest BCUT2D eigenvalue weighted by Gasteiger charge is 2.06. The molecule has 0 saturated heterocycles. The third-order valence-electron chi connectivity index (χ3n) is 3.75. The summed E-state index contributed by atoms with van der Waals surface area (Å²) in [7, 11) is 3.18. The fourth-order valence-corrected chi connectivity index (χ4v) is 2.17. The third kappa shape index (κ3) is 4.91. The van der Waals surface area contributed by atoms with Crippen LogP contribution in [0.1, 0.15) is 16.7 Å². The third-order valence-corrected chi connectivity index (χ3v) is 3.75. The molecule has 0 aromatic heterocycles. The molecular formula is C19H23NO4. The molecule has 0 spiro atoms. The number of carbonyl (C=O) groups is 1. The molecule has 5 nitrogen and oxygen atoms in total. The molecule has 0 atom stereocenters. The second-order valence-corrected chi connectivity index (χ2v) is 5.53. The maximum atomic E-state index is 12.0. The van der Waals surface area contributed by atoms with Crippen molar-refractivity contribution in [1.29, 1.82) is 0 Å². The molecule has 5 heteroatoms. The number of rotatable bonds is 7. The maximum Gasteiger partial charge on any atom is 0.258 e. The second kappa shape index (κ2) is 8.24. The van der Waals surface area contributed by atoms with Crippen molar-refractivity contribution in [1.82, 2.24) is 5.32 Å². The molecule has 0 radical (unpaired) electrons. The summed E-state index contributed by atoms with van der Waals surface area (Å²) in [6.45, 7) is 4.40. The highest BCUT2D eigenvalue weighted by molar-refractivity contribution is 5.77. The van der Waals surface area contributed by atoms with Crippen LogP contribution in [-0.2, 0) is 11.3 Å². The Labute approximate surface area is 142 Å². The van der Waals surface area contributed by atoms with Gasteiger partial charge in [-0.05, 0) is 54.8 Å². The number of benzene rings is 2. The number of amides is 1. The highest BCUT2D eigenvalue weighted by atomic mass is 16.5. The van der Waals surface area contributed by atoms with Crippen molar-refractivity contribution < 1.29 is 19.0 Å². The Balaban J connectivity index is 1.87. The van der Waals surface area contributed by atoms with Crippen LogP contribution in [-0.4, -0.2) is 26.7 Å². The van der Waals surface area contributed by atoms with Crippen molar-refractivity contribution >= 4 is 5.91 Å². The zero-order valence-corrected chi connectivity index (χ0v) is 14.5. The van der Waals surface area contributed by atoms with Gasteiger partial charge in [0, 0.05) is 12.6 Å². The molecule has 1 N–H and O–H groups in total. The van der Waals surface area contributed by atoms with E-state index in [0.717, 1.165) is 11.1 Å². The molecule has 1 amide bonds. The summed E-state index contributed by atoms with van der Waals surface area (Å²) in [5.41, 5.74) is 3.22. The summed E-state index contributed by atoms with van der Waals surface area (Å²) in [6, 6.07) is 11.3. The summed E-state index contributed by atoms with van der Waals surface area (Å²) >= 11 is 0. The van der Waals surface area contributed by atoms with Crippen molar-refractivity contribution in [2.75, 3.05) is 20.8 Å². The fraction of sp³-hybridized carbons (Fsp3) is 0.316. The lowest BCUT2D eigenvalue weighted by molar-refractivity contribution is -0.123. The van der Waals surface area contributed by atoms with E-state index in [-0.39, 0.29) is 12.5 Å². The van der Waals surface area contributed by atoms with Crippen LogP contribution >= 0.6 is 0 Å². The van der Waals surface area contributed by atoms with Crippen molar-refractivity contribution in [2.24, 2.45) is 0 Å². The largest absolute Gasteiger partial charge is 0.497 e. The van der Waals surface area contributed by atoms with Crippen LogP contribution in [0.2, 0.25) is 0 Å². The molecule has 0 heterocycles. The number of hydrogen-bond donors (Lipinski definition) is 1. The lowest BCUT2D eigenvalue weighted by atomic mass is 10.1. The maximum absolute atomic E-state index is 12.0. The molecule has 2 aromatic rings. The molecule has 128 valence electrons. The van der Waals surface area contributed by atoms with Gasteiger partial charge >= 0.3 is 0 Å². The van der Waals surface area contributed by atoms with E-state index in [9.17, 15) is 4.79 Å². The monoisotopic (exact) mass is 329 g/mol. The molecule has 0 bridgehead atoms. The van der Waals surface area contributed by atoms with Gasteiger partial charge in [-0.25, -0.2) is 0 Å². The normalized spacial score (nSPS) is 10.2. The van der Waals surface area contributed by atoms with Gasteiger partial charge in [-0.2, -0.15) is 0 Å². The first-order valence-corrected chi connectivity index (χ1v) is 7.70. The number of hydrogen-bond acceptors (Lipinski definition) is 4. The summed E-state index contributed by atoms with van der Waals surface area (Å²) in [6.07, 6.45) is 0. The lowest BCUT2D eigenvalue weighted by Gasteiger charge is -2.11. The Kier molecular flexibility index (Phi) is 6.07. The number of aryl methyl sites for hydroxylation is 2. The number of ether oxygens (including phenoxy) is 3. The molecular weight excluding hydrogens is 306 g/mol. The Morgan fingerprint density at radius 2 is 1.58 bits per heavy atom. The number of nitrogens with one attached hydrogen (secondary N) is 1. The van der Waals surface area contributed by atoms with Crippen molar-refractivity contribution in [3.63, 3.8) is 0 Å². The minimum atomic E-state index is -0.185.